The molecule has 0 aromatic rings. The minimum Gasteiger partial charge on any atom is -0.148 e. The molecule has 1 aliphatic carbocycles. The van der Waals surface area contributed by atoms with Crippen LogP contribution in [0.25, 0.3) is 0 Å². The van der Waals surface area contributed by atoms with Crippen LogP contribution in [-0.2, 0) is 0 Å². The van der Waals surface area contributed by atoms with Gasteiger partial charge in [-0.3, -0.25) is 0 Å². The van der Waals surface area contributed by atoms with Crippen molar-refractivity contribution in [3.05, 3.63) is 23.1 Å². The Kier molecular flexibility index (Phi) is 1.58. The van der Waals surface area contributed by atoms with Crippen molar-refractivity contribution in [1.29, 1.82) is 0 Å². The topological polar surface area (TPSA) is 0 Å². The molecule has 0 saturated carbocycles. The van der Waals surface area contributed by atoms with Gasteiger partial charge >= 0.3 is 0 Å². The zero-order chi connectivity index (χ0) is 5.11. The average Bonchev–Trinajstić information content (AvgIpc) is 1.69. The molecule has 1 heteroatoms. The SMILES string of the molecule is SC1=CCC=CC1. The number of thiol groups is 1. The van der Waals surface area contributed by atoms with Gasteiger partial charge in [-0.25, -0.2) is 0 Å². The molecular formula is C6H8S. The van der Waals surface area contributed by atoms with Gasteiger partial charge in [-0.15, -0.1) is 12.6 Å². The van der Waals surface area contributed by atoms with Crippen LogP contribution in [0.15, 0.2) is 23.1 Å². The Bertz CT molecular complexity index is 111. The maximum absolute atomic E-state index is 4.17. The molecule has 0 aromatic carbocycles. The fourth-order valence-corrected chi connectivity index (χ4v) is 0.799. The van der Waals surface area contributed by atoms with Crippen LogP contribution in [0, 0.1) is 0 Å². The Hall–Kier alpha value is -0.170. The van der Waals surface area contributed by atoms with E-state index >= 15 is 0 Å². The molecule has 0 atom stereocenters. The third kappa shape index (κ3) is 1.39. The molecule has 0 amide bonds. The summed E-state index contributed by atoms with van der Waals surface area (Å²) in [4.78, 5) is 1.20. The number of rotatable bonds is 0. The Labute approximate surface area is 49.3 Å². The molecule has 0 fully saturated rings. The highest BCUT2D eigenvalue weighted by molar-refractivity contribution is 7.84. The van der Waals surface area contributed by atoms with Gasteiger partial charge in [0.1, 0.15) is 0 Å². The summed E-state index contributed by atoms with van der Waals surface area (Å²) in [6.07, 6.45) is 8.52. The van der Waals surface area contributed by atoms with E-state index in [0.717, 1.165) is 12.8 Å². The summed E-state index contributed by atoms with van der Waals surface area (Å²) in [7, 11) is 0. The second-order valence-corrected chi connectivity index (χ2v) is 2.18. The van der Waals surface area contributed by atoms with Crippen LogP contribution in [0.4, 0.5) is 0 Å². The molecule has 0 heterocycles. The molecule has 1 aliphatic rings. The largest absolute Gasteiger partial charge is 0.148 e. The Morgan fingerprint density at radius 1 is 1.43 bits per heavy atom. The molecule has 0 unspecified atom stereocenters. The van der Waals surface area contributed by atoms with Crippen LogP contribution in [0.3, 0.4) is 0 Å². The van der Waals surface area contributed by atoms with E-state index in [1.54, 1.807) is 0 Å². The van der Waals surface area contributed by atoms with Crippen LogP contribution in [0.2, 0.25) is 0 Å². The maximum atomic E-state index is 4.17. The van der Waals surface area contributed by atoms with Crippen LogP contribution >= 0.6 is 12.6 Å². The smallest absolute Gasteiger partial charge is 0.00428 e. The fourth-order valence-electron chi connectivity index (χ4n) is 0.588. The molecule has 0 aromatic heterocycles. The van der Waals surface area contributed by atoms with E-state index in [1.807, 2.05) is 0 Å². The summed E-state index contributed by atoms with van der Waals surface area (Å²) >= 11 is 4.17. The van der Waals surface area contributed by atoms with Gasteiger partial charge < -0.3 is 0 Å². The number of hydrogen-bond donors (Lipinski definition) is 1. The predicted molar refractivity (Wildman–Crippen MR) is 35.4 cm³/mol. The molecular weight excluding hydrogens is 104 g/mol. The van der Waals surface area contributed by atoms with Gasteiger partial charge in [0.25, 0.3) is 0 Å². The zero-order valence-electron chi connectivity index (χ0n) is 4.09. The summed E-state index contributed by atoms with van der Waals surface area (Å²) in [6.45, 7) is 0. The fraction of sp³-hybridized carbons (Fsp3) is 0.333. The van der Waals surface area contributed by atoms with E-state index in [9.17, 15) is 0 Å². The third-order valence-electron chi connectivity index (χ3n) is 0.983. The van der Waals surface area contributed by atoms with Crippen molar-refractivity contribution < 1.29 is 0 Å². The lowest BCUT2D eigenvalue weighted by molar-refractivity contribution is 1.21. The quantitative estimate of drug-likeness (QED) is 0.360. The van der Waals surface area contributed by atoms with Gasteiger partial charge in [0.15, 0.2) is 0 Å². The molecule has 0 spiro atoms. The van der Waals surface area contributed by atoms with E-state index in [0.29, 0.717) is 0 Å². The minimum absolute atomic E-state index is 1.03. The minimum atomic E-state index is 1.03. The normalized spacial score (nSPS) is 19.3. The van der Waals surface area contributed by atoms with E-state index < -0.39 is 0 Å². The molecule has 1 rings (SSSR count). The van der Waals surface area contributed by atoms with Gasteiger partial charge in [0.2, 0.25) is 0 Å². The van der Waals surface area contributed by atoms with E-state index in [-0.39, 0.29) is 0 Å². The summed E-state index contributed by atoms with van der Waals surface area (Å²) in [5, 5.41) is 0. The monoisotopic (exact) mass is 112 g/mol. The molecule has 0 bridgehead atoms. The van der Waals surface area contributed by atoms with Crippen molar-refractivity contribution >= 4 is 12.6 Å². The van der Waals surface area contributed by atoms with Crippen LogP contribution in [0.1, 0.15) is 12.8 Å². The van der Waals surface area contributed by atoms with Crippen molar-refractivity contribution in [2.24, 2.45) is 0 Å². The lowest BCUT2D eigenvalue weighted by atomic mass is 10.2. The second-order valence-electron chi connectivity index (χ2n) is 1.61. The Morgan fingerprint density at radius 2 is 2.29 bits per heavy atom. The molecule has 7 heavy (non-hydrogen) atoms. The molecule has 0 radical (unpaired) electrons. The molecule has 0 saturated heterocycles. The maximum Gasteiger partial charge on any atom is -0.00428 e. The highest BCUT2D eigenvalue weighted by atomic mass is 32.1. The van der Waals surface area contributed by atoms with Crippen molar-refractivity contribution in [3.63, 3.8) is 0 Å². The van der Waals surface area contributed by atoms with Crippen molar-refractivity contribution in [3.8, 4) is 0 Å². The first-order chi connectivity index (χ1) is 3.39. The second kappa shape index (κ2) is 2.22. The Morgan fingerprint density at radius 3 is 2.57 bits per heavy atom. The molecule has 0 N–H and O–H groups in total. The van der Waals surface area contributed by atoms with Crippen LogP contribution in [0.5, 0.6) is 0 Å². The zero-order valence-corrected chi connectivity index (χ0v) is 4.99. The first-order valence-electron chi connectivity index (χ1n) is 2.42. The van der Waals surface area contributed by atoms with Crippen LogP contribution < -0.4 is 0 Å². The molecule has 0 nitrogen and oxygen atoms in total. The van der Waals surface area contributed by atoms with Crippen LogP contribution in [-0.4, -0.2) is 0 Å². The summed E-state index contributed by atoms with van der Waals surface area (Å²) < 4.78 is 0. The summed E-state index contributed by atoms with van der Waals surface area (Å²) in [5.74, 6) is 0. The lowest BCUT2D eigenvalue weighted by Gasteiger charge is -1.97. The number of allylic oxidation sites excluding steroid dienone is 4. The van der Waals surface area contributed by atoms with Gasteiger partial charge in [0, 0.05) is 0 Å². The van der Waals surface area contributed by atoms with Gasteiger partial charge in [-0.2, -0.15) is 0 Å². The van der Waals surface area contributed by atoms with E-state index in [2.05, 4.69) is 30.9 Å². The number of hydrogen-bond acceptors (Lipinski definition) is 1. The first kappa shape index (κ1) is 4.98. The van der Waals surface area contributed by atoms with E-state index in [1.165, 1.54) is 4.91 Å². The summed E-state index contributed by atoms with van der Waals surface area (Å²) in [6, 6.07) is 0. The molecule has 0 aliphatic heterocycles. The standard InChI is InChI=1S/C6H8S/c7-6-4-2-1-3-5-6/h1-2,5,7H,3-4H2. The third-order valence-corrected chi connectivity index (χ3v) is 1.35. The van der Waals surface area contributed by atoms with E-state index in [4.69, 9.17) is 0 Å². The van der Waals surface area contributed by atoms with Crippen molar-refractivity contribution in [2.75, 3.05) is 0 Å². The van der Waals surface area contributed by atoms with Gasteiger partial charge in [-0.05, 0) is 17.7 Å². The first-order valence-corrected chi connectivity index (χ1v) is 2.87. The average molecular weight is 112 g/mol. The van der Waals surface area contributed by atoms with Gasteiger partial charge in [0.05, 0.1) is 0 Å². The predicted octanol–water partition coefficient (Wildman–Crippen LogP) is 2.15. The van der Waals surface area contributed by atoms with Crippen molar-refractivity contribution in [1.82, 2.24) is 0 Å². The molecule has 38 valence electrons. The van der Waals surface area contributed by atoms with Gasteiger partial charge in [-0.1, -0.05) is 18.2 Å². The highest BCUT2D eigenvalue weighted by Crippen LogP contribution is 2.12. The van der Waals surface area contributed by atoms with Crippen molar-refractivity contribution in [2.45, 2.75) is 12.8 Å². The Balaban J connectivity index is 2.50. The lowest BCUT2D eigenvalue weighted by Crippen LogP contribution is -1.74. The highest BCUT2D eigenvalue weighted by Gasteiger charge is 1.88. The summed E-state index contributed by atoms with van der Waals surface area (Å²) in [5.41, 5.74) is 0.